The third-order valence-electron chi connectivity index (χ3n) is 4.03. The van der Waals surface area contributed by atoms with E-state index >= 15 is 0 Å². The number of allylic oxidation sites excluding steroid dienone is 1. The van der Waals surface area contributed by atoms with Crippen LogP contribution in [-0.4, -0.2) is 27.2 Å². The first-order valence-electron chi connectivity index (χ1n) is 7.92. The van der Waals surface area contributed by atoms with Crippen molar-refractivity contribution < 1.29 is 9.35 Å². The van der Waals surface area contributed by atoms with Crippen LogP contribution in [-0.2, 0) is 16.2 Å². The highest BCUT2D eigenvalue weighted by Crippen LogP contribution is 2.31. The van der Waals surface area contributed by atoms with Crippen LogP contribution in [0.15, 0.2) is 42.1 Å². The van der Waals surface area contributed by atoms with Gasteiger partial charge in [0.25, 0.3) is 0 Å². The molecule has 2 rings (SSSR count). The molecule has 1 heterocycles. The van der Waals surface area contributed by atoms with Crippen LogP contribution in [0.2, 0.25) is 0 Å². The number of rotatable bonds is 4. The van der Waals surface area contributed by atoms with Gasteiger partial charge in [0.1, 0.15) is 10.8 Å². The Morgan fingerprint density at radius 2 is 1.91 bits per heavy atom. The Bertz CT molecular complexity index is 580. The fourth-order valence-corrected chi connectivity index (χ4v) is 3.36. The molecular formula is C18H26N2O2S. The zero-order chi connectivity index (χ0) is 17.2. The minimum absolute atomic E-state index is 0.00622. The van der Waals surface area contributed by atoms with Crippen LogP contribution in [0.25, 0.3) is 0 Å². The Kier molecular flexibility index (Phi) is 5.55. The standard InChI is InChI=1S/C18H26N2O2S/c1-13-11-12-15(20(5)17(13)21)16(14-9-7-6-8-10-14)19-23(22)18(2,3)4/h6-10,12-13,16,19H,11H2,1-5H3/t13?,16-,23-/m1/s1. The normalized spacial score (nSPS) is 21.8. The van der Waals surface area contributed by atoms with E-state index in [4.69, 9.17) is 0 Å². The molecule has 1 N–H and O–H groups in total. The molecule has 1 unspecified atom stereocenters. The maximum Gasteiger partial charge on any atom is 0.229 e. The molecule has 0 fully saturated rings. The molecule has 0 radical (unpaired) electrons. The fourth-order valence-electron chi connectivity index (χ4n) is 2.53. The molecule has 126 valence electrons. The average molecular weight is 334 g/mol. The van der Waals surface area contributed by atoms with Crippen molar-refractivity contribution in [3.05, 3.63) is 47.7 Å². The van der Waals surface area contributed by atoms with Gasteiger partial charge in [-0.05, 0) is 32.8 Å². The van der Waals surface area contributed by atoms with Crippen molar-refractivity contribution in [3.63, 3.8) is 0 Å². The van der Waals surface area contributed by atoms with Crippen molar-refractivity contribution in [2.45, 2.75) is 44.9 Å². The monoisotopic (exact) mass is 334 g/mol. The lowest BCUT2D eigenvalue weighted by Gasteiger charge is -2.35. The van der Waals surface area contributed by atoms with Crippen molar-refractivity contribution >= 4 is 17.3 Å². The Balaban J connectivity index is 2.37. The SMILES string of the molecule is CC1CC=C([C@H](N[S@+]([O-])C(C)(C)C)c2ccccc2)N(C)C1=O. The molecule has 0 saturated heterocycles. The van der Waals surface area contributed by atoms with E-state index in [0.29, 0.717) is 6.42 Å². The second kappa shape index (κ2) is 7.07. The second-order valence-corrected chi connectivity index (χ2v) is 9.00. The van der Waals surface area contributed by atoms with Gasteiger partial charge in [-0.2, -0.15) is 0 Å². The van der Waals surface area contributed by atoms with E-state index in [9.17, 15) is 9.35 Å². The van der Waals surface area contributed by atoms with Crippen molar-refractivity contribution in [1.29, 1.82) is 0 Å². The molecule has 5 heteroatoms. The number of hydrogen-bond acceptors (Lipinski definition) is 3. The van der Waals surface area contributed by atoms with Crippen molar-refractivity contribution in [2.75, 3.05) is 7.05 Å². The molecule has 0 aliphatic carbocycles. The smallest absolute Gasteiger partial charge is 0.229 e. The highest BCUT2D eigenvalue weighted by molar-refractivity contribution is 7.90. The molecule has 23 heavy (non-hydrogen) atoms. The Morgan fingerprint density at radius 1 is 1.30 bits per heavy atom. The quantitative estimate of drug-likeness (QED) is 0.861. The van der Waals surface area contributed by atoms with E-state index in [2.05, 4.69) is 10.8 Å². The van der Waals surface area contributed by atoms with Gasteiger partial charge in [-0.15, -0.1) is 4.72 Å². The number of carbonyl (C=O) groups is 1. The number of benzene rings is 1. The van der Waals surface area contributed by atoms with E-state index < -0.39 is 11.4 Å². The topological polar surface area (TPSA) is 55.4 Å². The molecule has 0 saturated carbocycles. The summed E-state index contributed by atoms with van der Waals surface area (Å²) in [5.74, 6) is 0.0973. The zero-order valence-electron chi connectivity index (χ0n) is 14.5. The van der Waals surface area contributed by atoms with E-state index in [1.54, 1.807) is 11.9 Å². The van der Waals surface area contributed by atoms with Crippen LogP contribution in [0.1, 0.15) is 45.7 Å². The van der Waals surface area contributed by atoms with E-state index in [-0.39, 0.29) is 22.6 Å². The van der Waals surface area contributed by atoms with Crippen molar-refractivity contribution in [2.24, 2.45) is 5.92 Å². The van der Waals surface area contributed by atoms with Crippen molar-refractivity contribution in [3.8, 4) is 0 Å². The summed E-state index contributed by atoms with van der Waals surface area (Å²) in [6, 6.07) is 9.59. The summed E-state index contributed by atoms with van der Waals surface area (Å²) in [5, 5.41) is 0. The van der Waals surface area contributed by atoms with Gasteiger partial charge in [0, 0.05) is 30.0 Å². The molecule has 0 spiro atoms. The molecule has 3 atom stereocenters. The van der Waals surface area contributed by atoms with Gasteiger partial charge in [0.05, 0.1) is 0 Å². The number of amides is 1. The summed E-state index contributed by atoms with van der Waals surface area (Å²) in [7, 11) is 1.79. The lowest BCUT2D eigenvalue weighted by Crippen LogP contribution is -2.45. The first kappa shape index (κ1) is 18.0. The molecule has 1 aromatic carbocycles. The fraction of sp³-hybridized carbons (Fsp3) is 0.500. The van der Waals surface area contributed by atoms with Crippen molar-refractivity contribution in [1.82, 2.24) is 9.62 Å². The molecular weight excluding hydrogens is 308 g/mol. The van der Waals surface area contributed by atoms with Gasteiger partial charge in [-0.1, -0.05) is 43.3 Å². The Hall–Kier alpha value is -1.30. The van der Waals surface area contributed by atoms with Gasteiger partial charge in [-0.25, -0.2) is 0 Å². The van der Waals surface area contributed by atoms with Crippen LogP contribution in [0.5, 0.6) is 0 Å². The summed E-state index contributed by atoms with van der Waals surface area (Å²) in [5.41, 5.74) is 1.88. The van der Waals surface area contributed by atoms with Crippen LogP contribution < -0.4 is 4.72 Å². The highest BCUT2D eigenvalue weighted by Gasteiger charge is 2.35. The predicted molar refractivity (Wildman–Crippen MR) is 94.8 cm³/mol. The molecule has 0 aromatic heterocycles. The lowest BCUT2D eigenvalue weighted by atomic mass is 9.95. The van der Waals surface area contributed by atoms with E-state index in [0.717, 1.165) is 11.3 Å². The minimum atomic E-state index is -1.23. The number of nitrogens with one attached hydrogen (secondary N) is 1. The summed E-state index contributed by atoms with van der Waals surface area (Å²) < 4.78 is 15.5. The zero-order valence-corrected chi connectivity index (χ0v) is 15.3. The third-order valence-corrected chi connectivity index (χ3v) is 5.59. The predicted octanol–water partition coefficient (Wildman–Crippen LogP) is 3.16. The molecule has 1 aliphatic heterocycles. The van der Waals surface area contributed by atoms with Crippen LogP contribution >= 0.6 is 0 Å². The number of carbonyl (C=O) groups excluding carboxylic acids is 1. The first-order valence-corrected chi connectivity index (χ1v) is 9.07. The number of likely N-dealkylation sites (N-methyl/N-ethyl adjacent to an activating group) is 1. The van der Waals surface area contributed by atoms with Gasteiger partial charge >= 0.3 is 0 Å². The summed E-state index contributed by atoms with van der Waals surface area (Å²) in [6.45, 7) is 7.74. The summed E-state index contributed by atoms with van der Waals surface area (Å²) in [6.07, 6.45) is 2.79. The van der Waals surface area contributed by atoms with Gasteiger partial charge < -0.3 is 9.45 Å². The van der Waals surface area contributed by atoms with E-state index in [1.165, 1.54) is 0 Å². The third kappa shape index (κ3) is 4.16. The summed E-state index contributed by atoms with van der Waals surface area (Å²) in [4.78, 5) is 14.0. The lowest BCUT2D eigenvalue weighted by molar-refractivity contribution is -0.132. The Labute approximate surface area is 142 Å². The molecule has 1 aliphatic rings. The van der Waals surface area contributed by atoms with Gasteiger partial charge in [0.15, 0.2) is 0 Å². The van der Waals surface area contributed by atoms with Crippen LogP contribution in [0, 0.1) is 5.92 Å². The minimum Gasteiger partial charge on any atom is -0.598 e. The Morgan fingerprint density at radius 3 is 2.48 bits per heavy atom. The van der Waals surface area contributed by atoms with Gasteiger partial charge in [-0.3, -0.25) is 4.79 Å². The summed E-state index contributed by atoms with van der Waals surface area (Å²) >= 11 is -1.23. The maximum atomic E-state index is 12.6. The van der Waals surface area contributed by atoms with Crippen LogP contribution in [0.3, 0.4) is 0 Å². The second-order valence-electron chi connectivity index (χ2n) is 7.01. The number of nitrogens with zero attached hydrogens (tertiary/aromatic N) is 1. The molecule has 4 nitrogen and oxygen atoms in total. The highest BCUT2D eigenvalue weighted by atomic mass is 32.2. The largest absolute Gasteiger partial charge is 0.598 e. The van der Waals surface area contributed by atoms with Gasteiger partial charge in [0.2, 0.25) is 5.91 Å². The van der Waals surface area contributed by atoms with Crippen LogP contribution in [0.4, 0.5) is 0 Å². The molecule has 1 amide bonds. The maximum absolute atomic E-state index is 12.6. The first-order chi connectivity index (χ1) is 10.7. The van der Waals surface area contributed by atoms with E-state index in [1.807, 2.05) is 58.0 Å². The molecule has 1 aromatic rings. The molecule has 0 bridgehead atoms. The number of hydrogen-bond donors (Lipinski definition) is 1. The average Bonchev–Trinajstić information content (AvgIpc) is 2.51.